The van der Waals surface area contributed by atoms with Crippen molar-refractivity contribution in [1.82, 2.24) is 5.32 Å². The molecule has 0 aliphatic heterocycles. The van der Waals surface area contributed by atoms with Crippen molar-refractivity contribution in [2.75, 3.05) is 0 Å². The summed E-state index contributed by atoms with van der Waals surface area (Å²) in [7, 11) is 0. The molecule has 0 heterocycles. The maximum Gasteiger partial charge on any atom is 0.0555 e. The van der Waals surface area contributed by atoms with Crippen LogP contribution in [-0.4, -0.2) is 12.3 Å². The number of hydrogen-bond acceptors (Lipinski definition) is 3. The first-order valence-corrected chi connectivity index (χ1v) is 3.47. The van der Waals surface area contributed by atoms with Crippen LogP contribution >= 0.6 is 0 Å². The average molecular weight is 131 g/mol. The van der Waals surface area contributed by atoms with E-state index >= 15 is 0 Å². The molecule has 0 saturated heterocycles. The second-order valence-corrected chi connectivity index (χ2v) is 2.20. The summed E-state index contributed by atoms with van der Waals surface area (Å²) in [4.78, 5) is 0. The highest BCUT2D eigenvalue weighted by Gasteiger charge is 2.01. The van der Waals surface area contributed by atoms with Gasteiger partial charge in [-0.2, -0.15) is 0 Å². The molecular weight excluding hydrogens is 114 g/mol. The molecule has 0 bridgehead atoms. The van der Waals surface area contributed by atoms with Gasteiger partial charge in [0.25, 0.3) is 0 Å². The van der Waals surface area contributed by atoms with E-state index in [2.05, 4.69) is 5.32 Å². The molecule has 0 aromatic heterocycles. The van der Waals surface area contributed by atoms with Crippen LogP contribution in [0, 0.1) is 0 Å². The normalized spacial score (nSPS) is 17.3. The van der Waals surface area contributed by atoms with Gasteiger partial charge in [-0.25, -0.2) is 0 Å². The minimum atomic E-state index is 0.0555. The van der Waals surface area contributed by atoms with Crippen LogP contribution in [0.5, 0.6) is 0 Å². The summed E-state index contributed by atoms with van der Waals surface area (Å²) in [5.74, 6) is 0. The minimum absolute atomic E-state index is 0.0555. The second kappa shape index (κ2) is 4.73. The van der Waals surface area contributed by atoms with E-state index in [1.165, 1.54) is 0 Å². The lowest BCUT2D eigenvalue weighted by Crippen LogP contribution is -2.47. The first-order chi connectivity index (χ1) is 4.20. The molecule has 2 unspecified atom stereocenters. The van der Waals surface area contributed by atoms with Gasteiger partial charge in [-0.15, -0.1) is 0 Å². The molecule has 3 heteroatoms. The van der Waals surface area contributed by atoms with Crippen molar-refractivity contribution in [3.05, 3.63) is 0 Å². The molecule has 0 spiro atoms. The van der Waals surface area contributed by atoms with Crippen molar-refractivity contribution in [3.8, 4) is 0 Å². The SMILES string of the molecule is CCC(N)NC(N)CC. The van der Waals surface area contributed by atoms with Gasteiger partial charge in [0.05, 0.1) is 12.3 Å². The van der Waals surface area contributed by atoms with Crippen LogP contribution in [0.2, 0.25) is 0 Å². The second-order valence-electron chi connectivity index (χ2n) is 2.20. The van der Waals surface area contributed by atoms with Gasteiger partial charge in [0.1, 0.15) is 0 Å². The van der Waals surface area contributed by atoms with Crippen LogP contribution < -0.4 is 16.8 Å². The minimum Gasteiger partial charge on any atom is -0.316 e. The third-order valence-corrected chi connectivity index (χ3v) is 1.31. The molecule has 5 N–H and O–H groups in total. The fraction of sp³-hybridized carbons (Fsp3) is 1.00. The van der Waals surface area contributed by atoms with Gasteiger partial charge in [-0.05, 0) is 12.8 Å². The van der Waals surface area contributed by atoms with Crippen LogP contribution in [-0.2, 0) is 0 Å². The smallest absolute Gasteiger partial charge is 0.0555 e. The fourth-order valence-corrected chi connectivity index (χ4v) is 0.511. The quantitative estimate of drug-likeness (QED) is 0.469. The van der Waals surface area contributed by atoms with Crippen molar-refractivity contribution in [1.29, 1.82) is 0 Å². The Kier molecular flexibility index (Phi) is 4.67. The highest BCUT2D eigenvalue weighted by atomic mass is 15.1. The maximum atomic E-state index is 5.56. The molecule has 0 aromatic rings. The van der Waals surface area contributed by atoms with Gasteiger partial charge >= 0.3 is 0 Å². The summed E-state index contributed by atoms with van der Waals surface area (Å²) in [5.41, 5.74) is 11.1. The molecule has 0 aliphatic carbocycles. The third kappa shape index (κ3) is 4.39. The molecule has 0 aliphatic rings. The Bertz CT molecular complexity index is 57.3. The molecule has 0 fully saturated rings. The van der Waals surface area contributed by atoms with E-state index in [1.807, 2.05) is 13.8 Å². The molecule has 2 atom stereocenters. The van der Waals surface area contributed by atoms with Crippen LogP contribution in [0.3, 0.4) is 0 Å². The summed E-state index contributed by atoms with van der Waals surface area (Å²) < 4.78 is 0. The van der Waals surface area contributed by atoms with E-state index in [1.54, 1.807) is 0 Å². The highest BCUT2D eigenvalue weighted by molar-refractivity contribution is 4.60. The number of rotatable bonds is 4. The number of nitrogens with one attached hydrogen (secondary N) is 1. The van der Waals surface area contributed by atoms with Crippen LogP contribution in [0.15, 0.2) is 0 Å². The Morgan fingerprint density at radius 3 is 1.67 bits per heavy atom. The van der Waals surface area contributed by atoms with E-state index in [0.29, 0.717) is 0 Å². The molecular formula is C6H17N3. The van der Waals surface area contributed by atoms with Crippen molar-refractivity contribution in [3.63, 3.8) is 0 Å². The zero-order valence-corrected chi connectivity index (χ0v) is 6.22. The summed E-state index contributed by atoms with van der Waals surface area (Å²) in [5, 5.41) is 3.03. The molecule has 0 amide bonds. The molecule has 9 heavy (non-hydrogen) atoms. The Hall–Kier alpha value is -0.120. The van der Waals surface area contributed by atoms with Crippen LogP contribution in [0.1, 0.15) is 26.7 Å². The van der Waals surface area contributed by atoms with E-state index in [9.17, 15) is 0 Å². The van der Waals surface area contributed by atoms with Crippen LogP contribution in [0.4, 0.5) is 0 Å². The standard InChI is InChI=1S/C6H17N3/c1-3-5(7)9-6(8)4-2/h5-6,9H,3-4,7-8H2,1-2H3. The van der Waals surface area contributed by atoms with E-state index in [0.717, 1.165) is 12.8 Å². The zero-order chi connectivity index (χ0) is 7.28. The third-order valence-electron chi connectivity index (χ3n) is 1.31. The van der Waals surface area contributed by atoms with Gasteiger partial charge in [0.2, 0.25) is 0 Å². The Labute approximate surface area is 56.8 Å². The Morgan fingerprint density at radius 1 is 1.11 bits per heavy atom. The largest absolute Gasteiger partial charge is 0.316 e. The fourth-order valence-electron chi connectivity index (χ4n) is 0.511. The van der Waals surface area contributed by atoms with Crippen molar-refractivity contribution < 1.29 is 0 Å². The van der Waals surface area contributed by atoms with Gasteiger partial charge < -0.3 is 11.5 Å². The Morgan fingerprint density at radius 2 is 1.44 bits per heavy atom. The Balaban J connectivity index is 3.22. The zero-order valence-electron chi connectivity index (χ0n) is 6.22. The molecule has 0 rings (SSSR count). The highest BCUT2D eigenvalue weighted by Crippen LogP contribution is 1.84. The predicted octanol–water partition coefficient (Wildman–Crippen LogP) is -0.0344. The summed E-state index contributed by atoms with van der Waals surface area (Å²) in [6, 6.07) is 0. The molecule has 3 nitrogen and oxygen atoms in total. The van der Waals surface area contributed by atoms with E-state index in [-0.39, 0.29) is 12.3 Å². The van der Waals surface area contributed by atoms with Gasteiger partial charge in [-0.3, -0.25) is 5.32 Å². The summed E-state index contributed by atoms with van der Waals surface area (Å²) >= 11 is 0. The lowest BCUT2D eigenvalue weighted by molar-refractivity contribution is 0.423. The maximum absolute atomic E-state index is 5.56. The van der Waals surface area contributed by atoms with E-state index in [4.69, 9.17) is 11.5 Å². The lowest BCUT2D eigenvalue weighted by atomic mass is 10.3. The van der Waals surface area contributed by atoms with Crippen molar-refractivity contribution >= 4 is 0 Å². The van der Waals surface area contributed by atoms with Gasteiger partial charge in [-0.1, -0.05) is 13.8 Å². The first-order valence-electron chi connectivity index (χ1n) is 3.47. The monoisotopic (exact) mass is 131 g/mol. The summed E-state index contributed by atoms with van der Waals surface area (Å²) in [6.07, 6.45) is 1.96. The number of hydrogen-bond donors (Lipinski definition) is 3. The predicted molar refractivity (Wildman–Crippen MR) is 39.7 cm³/mol. The average Bonchev–Trinajstić information content (AvgIpc) is 1.87. The summed E-state index contributed by atoms with van der Waals surface area (Å²) in [6.45, 7) is 4.06. The van der Waals surface area contributed by atoms with Crippen LogP contribution in [0.25, 0.3) is 0 Å². The molecule has 56 valence electrons. The topological polar surface area (TPSA) is 64.1 Å². The molecule has 0 saturated carbocycles. The van der Waals surface area contributed by atoms with Gasteiger partial charge in [0, 0.05) is 0 Å². The van der Waals surface area contributed by atoms with E-state index < -0.39 is 0 Å². The first kappa shape index (κ1) is 8.88. The van der Waals surface area contributed by atoms with Gasteiger partial charge in [0.15, 0.2) is 0 Å². The van der Waals surface area contributed by atoms with Crippen molar-refractivity contribution in [2.24, 2.45) is 11.5 Å². The number of nitrogens with two attached hydrogens (primary N) is 2. The lowest BCUT2D eigenvalue weighted by Gasteiger charge is -2.16. The van der Waals surface area contributed by atoms with Crippen molar-refractivity contribution in [2.45, 2.75) is 39.0 Å². The molecule has 0 radical (unpaired) electrons. The molecule has 0 aromatic carbocycles.